The molecule has 2 atom stereocenters. The number of methoxy groups -OCH3 is 1. The van der Waals surface area contributed by atoms with Gasteiger partial charge in [0.15, 0.2) is 0 Å². The average Bonchev–Trinajstić information content (AvgIpc) is 2.73. The number of carbonyl (C=O) groups is 2. The van der Waals surface area contributed by atoms with E-state index >= 15 is 0 Å². The molecule has 2 unspecified atom stereocenters. The van der Waals surface area contributed by atoms with E-state index in [1.165, 1.54) is 0 Å². The number of hydrogen-bond donors (Lipinski definition) is 2. The molecule has 6 nitrogen and oxygen atoms in total. The highest BCUT2D eigenvalue weighted by atomic mass is 35.5. The fourth-order valence-corrected chi connectivity index (χ4v) is 4.39. The van der Waals surface area contributed by atoms with Crippen molar-refractivity contribution in [2.45, 2.75) is 57.5 Å². The number of halogens is 1. The van der Waals surface area contributed by atoms with Crippen molar-refractivity contribution in [2.24, 2.45) is 5.92 Å². The van der Waals surface area contributed by atoms with Crippen molar-refractivity contribution in [1.29, 1.82) is 0 Å². The molecule has 0 saturated carbocycles. The second-order valence-corrected chi connectivity index (χ2v) is 7.81. The van der Waals surface area contributed by atoms with Crippen molar-refractivity contribution < 1.29 is 14.3 Å². The molecule has 0 radical (unpaired) electrons. The number of likely N-dealkylation sites (tertiary alicyclic amines) is 1. The largest absolute Gasteiger partial charge is 0.496 e. The summed E-state index contributed by atoms with van der Waals surface area (Å²) in [6, 6.07) is 7.73. The van der Waals surface area contributed by atoms with Gasteiger partial charge in [0.05, 0.1) is 19.1 Å². The maximum atomic E-state index is 13.3. The molecule has 2 heterocycles. The van der Waals surface area contributed by atoms with Gasteiger partial charge in [-0.3, -0.25) is 9.59 Å². The van der Waals surface area contributed by atoms with E-state index in [1.54, 1.807) is 7.11 Å². The Hall–Kier alpha value is -1.79. The second-order valence-electron chi connectivity index (χ2n) is 7.81. The predicted octanol–water partition coefficient (Wildman–Crippen LogP) is 3.07. The van der Waals surface area contributed by atoms with E-state index in [1.807, 2.05) is 29.2 Å². The van der Waals surface area contributed by atoms with Crippen molar-refractivity contribution in [3.05, 3.63) is 29.8 Å². The fourth-order valence-electron chi connectivity index (χ4n) is 4.39. The minimum Gasteiger partial charge on any atom is -0.496 e. The molecule has 2 amide bonds. The van der Waals surface area contributed by atoms with Crippen molar-refractivity contribution >= 4 is 24.2 Å². The first-order valence-electron chi connectivity index (χ1n) is 10.6. The summed E-state index contributed by atoms with van der Waals surface area (Å²) in [7, 11) is 1.64. The lowest BCUT2D eigenvalue weighted by Crippen LogP contribution is -2.51. The van der Waals surface area contributed by atoms with E-state index in [0.717, 1.165) is 50.1 Å². The maximum Gasteiger partial charge on any atom is 0.225 e. The van der Waals surface area contributed by atoms with Crippen LogP contribution >= 0.6 is 12.4 Å². The van der Waals surface area contributed by atoms with Crippen LogP contribution in [0.25, 0.3) is 0 Å². The van der Waals surface area contributed by atoms with Crippen LogP contribution in [0, 0.1) is 5.92 Å². The van der Waals surface area contributed by atoms with Crippen molar-refractivity contribution in [3.8, 4) is 5.75 Å². The number of piperidine rings is 2. The van der Waals surface area contributed by atoms with Gasteiger partial charge >= 0.3 is 0 Å². The van der Waals surface area contributed by atoms with E-state index in [9.17, 15) is 9.59 Å². The maximum absolute atomic E-state index is 13.3. The first-order valence-corrected chi connectivity index (χ1v) is 10.6. The second kappa shape index (κ2) is 11.4. The van der Waals surface area contributed by atoms with Crippen LogP contribution in [0.1, 0.15) is 57.1 Å². The lowest BCUT2D eigenvalue weighted by molar-refractivity contribution is -0.143. The standard InChI is InChI=1S/C22H33N3O3.ClH/c1-3-4-15-25-20(26)10-9-18(22(27)24-16-11-13-23-14-12-16)21(25)17-7-5-6-8-19(17)28-2;/h5-8,16,18,21,23H,3-4,9-15H2,1-2H3,(H,24,27);1H. The Morgan fingerprint density at radius 2 is 1.97 bits per heavy atom. The number of benzene rings is 1. The minimum atomic E-state index is -0.273. The van der Waals surface area contributed by atoms with Gasteiger partial charge in [0.1, 0.15) is 5.75 Å². The summed E-state index contributed by atoms with van der Waals surface area (Å²) < 4.78 is 5.59. The van der Waals surface area contributed by atoms with Gasteiger partial charge in [-0.1, -0.05) is 31.5 Å². The lowest BCUT2D eigenvalue weighted by atomic mass is 9.82. The Balaban J connectivity index is 0.00000300. The molecule has 2 aliphatic heterocycles. The predicted molar refractivity (Wildman–Crippen MR) is 116 cm³/mol. The van der Waals surface area contributed by atoms with Crippen molar-refractivity contribution in [1.82, 2.24) is 15.5 Å². The fraction of sp³-hybridized carbons (Fsp3) is 0.636. The summed E-state index contributed by atoms with van der Waals surface area (Å²) in [5, 5.41) is 6.59. The molecule has 0 aromatic heterocycles. The number of unbranched alkanes of at least 4 members (excludes halogenated alkanes) is 1. The van der Waals surface area contributed by atoms with Crippen LogP contribution in [0.15, 0.2) is 24.3 Å². The first kappa shape index (κ1) is 23.5. The Morgan fingerprint density at radius 3 is 2.66 bits per heavy atom. The van der Waals surface area contributed by atoms with Crippen LogP contribution in [0.2, 0.25) is 0 Å². The third kappa shape index (κ3) is 5.64. The summed E-state index contributed by atoms with van der Waals surface area (Å²) in [6.07, 6.45) is 4.86. The number of hydrogen-bond acceptors (Lipinski definition) is 4. The Morgan fingerprint density at radius 1 is 1.24 bits per heavy atom. The number of rotatable bonds is 7. The van der Waals surface area contributed by atoms with Crippen LogP contribution in [0.3, 0.4) is 0 Å². The number of carbonyl (C=O) groups excluding carboxylic acids is 2. The molecule has 2 saturated heterocycles. The molecule has 2 N–H and O–H groups in total. The zero-order valence-corrected chi connectivity index (χ0v) is 18.3. The first-order chi connectivity index (χ1) is 13.7. The van der Waals surface area contributed by atoms with E-state index in [0.29, 0.717) is 19.4 Å². The number of nitrogens with zero attached hydrogens (tertiary/aromatic N) is 1. The third-order valence-corrected chi connectivity index (χ3v) is 5.94. The Kier molecular flexibility index (Phi) is 9.24. The van der Waals surface area contributed by atoms with Crippen LogP contribution < -0.4 is 15.4 Å². The Bertz CT molecular complexity index is 679. The quantitative estimate of drug-likeness (QED) is 0.707. The number of ether oxygens (including phenoxy) is 1. The van der Waals surface area contributed by atoms with Gasteiger partial charge in [0.25, 0.3) is 0 Å². The summed E-state index contributed by atoms with van der Waals surface area (Å²) >= 11 is 0. The SMILES string of the molecule is CCCCN1C(=O)CCC(C(=O)NC2CCNCC2)C1c1ccccc1OC.Cl. The summed E-state index contributed by atoms with van der Waals surface area (Å²) in [5.41, 5.74) is 0.930. The molecule has 7 heteroatoms. The zero-order chi connectivity index (χ0) is 19.9. The summed E-state index contributed by atoms with van der Waals surface area (Å²) in [4.78, 5) is 28.0. The van der Waals surface area contributed by atoms with Crippen LogP contribution in [-0.2, 0) is 9.59 Å². The van der Waals surface area contributed by atoms with Gasteiger partial charge in [-0.05, 0) is 44.8 Å². The van der Waals surface area contributed by atoms with E-state index in [2.05, 4.69) is 17.6 Å². The molecule has 0 spiro atoms. The van der Waals surface area contributed by atoms with Gasteiger partial charge < -0.3 is 20.3 Å². The summed E-state index contributed by atoms with van der Waals surface area (Å²) in [5.74, 6) is 0.691. The van der Waals surface area contributed by atoms with Gasteiger partial charge in [0, 0.05) is 24.6 Å². The van der Waals surface area contributed by atoms with Gasteiger partial charge in [0.2, 0.25) is 11.8 Å². The van der Waals surface area contributed by atoms with Gasteiger partial charge in [-0.25, -0.2) is 0 Å². The Labute approximate surface area is 180 Å². The molecule has 0 aliphatic carbocycles. The zero-order valence-electron chi connectivity index (χ0n) is 17.5. The van der Waals surface area contributed by atoms with E-state index < -0.39 is 0 Å². The van der Waals surface area contributed by atoms with Crippen LogP contribution in [0.4, 0.5) is 0 Å². The molecule has 1 aromatic rings. The molecular formula is C22H34ClN3O3. The normalized spacial score (nSPS) is 22.7. The highest BCUT2D eigenvalue weighted by Gasteiger charge is 2.41. The van der Waals surface area contributed by atoms with Crippen molar-refractivity contribution in [3.63, 3.8) is 0 Å². The monoisotopic (exact) mass is 423 g/mol. The number of amides is 2. The van der Waals surface area contributed by atoms with E-state index in [-0.39, 0.29) is 42.2 Å². The number of nitrogens with one attached hydrogen (secondary N) is 2. The average molecular weight is 424 g/mol. The van der Waals surface area contributed by atoms with Crippen molar-refractivity contribution in [2.75, 3.05) is 26.7 Å². The molecule has 2 aliphatic rings. The third-order valence-electron chi connectivity index (χ3n) is 5.94. The minimum absolute atomic E-state index is 0. The molecule has 1 aromatic carbocycles. The molecule has 0 bridgehead atoms. The number of para-hydroxylation sites is 1. The smallest absolute Gasteiger partial charge is 0.225 e. The lowest BCUT2D eigenvalue weighted by Gasteiger charge is -2.42. The molecule has 3 rings (SSSR count). The van der Waals surface area contributed by atoms with Crippen LogP contribution in [-0.4, -0.2) is 49.5 Å². The van der Waals surface area contributed by atoms with Gasteiger partial charge in [-0.15, -0.1) is 12.4 Å². The van der Waals surface area contributed by atoms with Crippen LogP contribution in [0.5, 0.6) is 5.75 Å². The molecule has 162 valence electrons. The topological polar surface area (TPSA) is 70.7 Å². The summed E-state index contributed by atoms with van der Waals surface area (Å²) in [6.45, 7) is 4.67. The van der Waals surface area contributed by atoms with Gasteiger partial charge in [-0.2, -0.15) is 0 Å². The highest BCUT2D eigenvalue weighted by molar-refractivity contribution is 5.86. The highest BCUT2D eigenvalue weighted by Crippen LogP contribution is 2.41. The molecule has 2 fully saturated rings. The molecule has 29 heavy (non-hydrogen) atoms. The molecular weight excluding hydrogens is 390 g/mol. The van der Waals surface area contributed by atoms with E-state index in [4.69, 9.17) is 4.74 Å².